The van der Waals surface area contributed by atoms with Crippen LogP contribution in [0, 0.1) is 0 Å². The Morgan fingerprint density at radius 3 is 2.25 bits per heavy atom. The molecule has 0 amide bonds. The molecular weight excluding hydrogens is 154 g/mol. The van der Waals surface area contributed by atoms with E-state index in [1.165, 1.54) is 0 Å². The van der Waals surface area contributed by atoms with Gasteiger partial charge in [-0.3, -0.25) is 0 Å². The van der Waals surface area contributed by atoms with Crippen molar-refractivity contribution in [3.63, 3.8) is 0 Å². The lowest BCUT2D eigenvalue weighted by Gasteiger charge is -2.08. The van der Waals surface area contributed by atoms with E-state index in [4.69, 9.17) is 10.8 Å². The van der Waals surface area contributed by atoms with Crippen LogP contribution in [0.15, 0.2) is 0 Å². The third kappa shape index (κ3) is 7.98. The fourth-order valence-corrected chi connectivity index (χ4v) is 1.17. The maximum Gasteiger partial charge on any atom is 0.0540 e. The summed E-state index contributed by atoms with van der Waals surface area (Å²) >= 11 is 0. The molecule has 0 rings (SSSR count). The van der Waals surface area contributed by atoms with Crippen LogP contribution in [0.3, 0.4) is 0 Å². The Bertz CT molecular complexity index is 88.6. The molecule has 0 aliphatic rings. The van der Waals surface area contributed by atoms with Gasteiger partial charge in [-0.1, -0.05) is 12.8 Å². The van der Waals surface area contributed by atoms with Gasteiger partial charge in [0.25, 0.3) is 0 Å². The average Bonchev–Trinajstić information content (AvgIpc) is 2.09. The Balaban J connectivity index is 3.02. The number of hydrogen-bond donors (Lipinski definition) is 3. The number of rotatable bonds is 8. The van der Waals surface area contributed by atoms with Gasteiger partial charge >= 0.3 is 0 Å². The monoisotopic (exact) mass is 175 g/mol. The van der Waals surface area contributed by atoms with Gasteiger partial charge in [-0.15, -0.1) is 0 Å². The minimum atomic E-state index is -0.188. The zero-order valence-electron chi connectivity index (χ0n) is 7.71. The van der Waals surface area contributed by atoms with Crippen molar-refractivity contribution in [1.29, 1.82) is 0 Å². The number of hydrogen-bond acceptors (Lipinski definition) is 3. The highest BCUT2D eigenvalue weighted by atomic mass is 16.3. The van der Waals surface area contributed by atoms with Crippen LogP contribution in [0.5, 0.6) is 0 Å². The highest BCUT2D eigenvalue weighted by Crippen LogP contribution is 2.07. The van der Waals surface area contributed by atoms with Crippen molar-refractivity contribution in [1.82, 2.24) is 0 Å². The van der Waals surface area contributed by atoms with Crippen molar-refractivity contribution in [3.8, 4) is 0 Å². The third-order valence-electron chi connectivity index (χ3n) is 1.94. The van der Waals surface area contributed by atoms with Crippen LogP contribution in [0.2, 0.25) is 0 Å². The summed E-state index contributed by atoms with van der Waals surface area (Å²) in [7, 11) is 0. The maximum absolute atomic E-state index is 9.36. The summed E-state index contributed by atoms with van der Waals surface area (Å²) in [6, 6.07) is 0. The van der Waals surface area contributed by atoms with E-state index in [2.05, 4.69) is 0 Å². The van der Waals surface area contributed by atoms with Crippen LogP contribution in [-0.2, 0) is 0 Å². The van der Waals surface area contributed by atoms with E-state index >= 15 is 0 Å². The molecule has 0 heterocycles. The standard InChI is InChI=1S/C9H21NO2/c10-7-4-6-9(12)5-2-1-3-8-11/h9,11-12H,1-8,10H2. The molecule has 0 aromatic carbocycles. The van der Waals surface area contributed by atoms with E-state index in [-0.39, 0.29) is 12.7 Å². The van der Waals surface area contributed by atoms with E-state index in [0.29, 0.717) is 6.54 Å². The zero-order valence-corrected chi connectivity index (χ0v) is 7.71. The fraction of sp³-hybridized carbons (Fsp3) is 1.00. The van der Waals surface area contributed by atoms with E-state index in [1.54, 1.807) is 0 Å². The summed E-state index contributed by atoms with van der Waals surface area (Å²) in [6.45, 7) is 0.923. The second kappa shape index (κ2) is 8.97. The van der Waals surface area contributed by atoms with Gasteiger partial charge in [0.15, 0.2) is 0 Å². The number of unbranched alkanes of at least 4 members (excludes halogenated alkanes) is 2. The van der Waals surface area contributed by atoms with Gasteiger partial charge in [0.1, 0.15) is 0 Å². The first-order chi connectivity index (χ1) is 5.81. The van der Waals surface area contributed by atoms with Gasteiger partial charge in [-0.2, -0.15) is 0 Å². The predicted molar refractivity (Wildman–Crippen MR) is 49.8 cm³/mol. The first kappa shape index (κ1) is 11.9. The van der Waals surface area contributed by atoms with E-state index in [1.807, 2.05) is 0 Å². The normalized spacial score (nSPS) is 13.2. The third-order valence-corrected chi connectivity index (χ3v) is 1.94. The zero-order chi connectivity index (χ0) is 9.23. The summed E-state index contributed by atoms with van der Waals surface area (Å²) in [5.74, 6) is 0. The van der Waals surface area contributed by atoms with E-state index in [9.17, 15) is 5.11 Å². The van der Waals surface area contributed by atoms with Crippen molar-refractivity contribution in [2.75, 3.05) is 13.2 Å². The van der Waals surface area contributed by atoms with Crippen molar-refractivity contribution in [2.24, 2.45) is 5.73 Å². The molecule has 0 fully saturated rings. The Morgan fingerprint density at radius 2 is 1.67 bits per heavy atom. The summed E-state index contributed by atoms with van der Waals surface area (Å²) in [6.07, 6.45) is 5.25. The van der Waals surface area contributed by atoms with Crippen molar-refractivity contribution < 1.29 is 10.2 Å². The van der Waals surface area contributed by atoms with Crippen LogP contribution < -0.4 is 5.73 Å². The largest absolute Gasteiger partial charge is 0.396 e. The molecule has 0 aliphatic carbocycles. The minimum absolute atomic E-state index is 0.188. The molecule has 12 heavy (non-hydrogen) atoms. The lowest BCUT2D eigenvalue weighted by Crippen LogP contribution is -2.09. The van der Waals surface area contributed by atoms with Gasteiger partial charge in [-0.25, -0.2) is 0 Å². The smallest absolute Gasteiger partial charge is 0.0540 e. The molecule has 0 aliphatic heterocycles. The molecule has 0 aromatic rings. The van der Waals surface area contributed by atoms with Crippen molar-refractivity contribution >= 4 is 0 Å². The average molecular weight is 175 g/mol. The molecule has 1 unspecified atom stereocenters. The predicted octanol–water partition coefficient (Wildman–Crippen LogP) is 0.639. The molecule has 74 valence electrons. The number of aliphatic hydroxyl groups is 2. The minimum Gasteiger partial charge on any atom is -0.396 e. The second-order valence-corrected chi connectivity index (χ2v) is 3.16. The topological polar surface area (TPSA) is 66.5 Å². The molecule has 0 bridgehead atoms. The highest BCUT2D eigenvalue weighted by molar-refractivity contribution is 4.56. The molecule has 0 aromatic heterocycles. The van der Waals surface area contributed by atoms with Gasteiger partial charge < -0.3 is 15.9 Å². The Kier molecular flexibility index (Phi) is 8.88. The molecule has 0 spiro atoms. The molecule has 0 radical (unpaired) electrons. The lowest BCUT2D eigenvalue weighted by molar-refractivity contribution is 0.148. The van der Waals surface area contributed by atoms with Crippen LogP contribution in [0.25, 0.3) is 0 Å². The van der Waals surface area contributed by atoms with Crippen molar-refractivity contribution in [2.45, 2.75) is 44.6 Å². The van der Waals surface area contributed by atoms with Crippen LogP contribution in [-0.4, -0.2) is 29.5 Å². The fourth-order valence-electron chi connectivity index (χ4n) is 1.17. The number of aliphatic hydroxyl groups excluding tert-OH is 2. The van der Waals surface area contributed by atoms with Gasteiger partial charge in [0, 0.05) is 6.61 Å². The van der Waals surface area contributed by atoms with Gasteiger partial charge in [0.05, 0.1) is 6.10 Å². The summed E-state index contributed by atoms with van der Waals surface area (Å²) in [5, 5.41) is 17.9. The van der Waals surface area contributed by atoms with Gasteiger partial charge in [-0.05, 0) is 32.2 Å². The molecular formula is C9H21NO2. The summed E-state index contributed by atoms with van der Waals surface area (Å²) < 4.78 is 0. The van der Waals surface area contributed by atoms with Crippen LogP contribution in [0.4, 0.5) is 0 Å². The molecule has 4 N–H and O–H groups in total. The Labute approximate surface area is 74.6 Å². The van der Waals surface area contributed by atoms with Crippen LogP contribution >= 0.6 is 0 Å². The lowest BCUT2D eigenvalue weighted by atomic mass is 10.1. The SMILES string of the molecule is NCCCC(O)CCCCCO. The maximum atomic E-state index is 9.36. The quantitative estimate of drug-likeness (QED) is 0.474. The van der Waals surface area contributed by atoms with E-state index < -0.39 is 0 Å². The summed E-state index contributed by atoms with van der Waals surface area (Å²) in [5.41, 5.74) is 5.31. The molecule has 3 heteroatoms. The molecule has 0 saturated carbocycles. The second-order valence-electron chi connectivity index (χ2n) is 3.16. The first-order valence-corrected chi connectivity index (χ1v) is 4.80. The van der Waals surface area contributed by atoms with Gasteiger partial charge in [0.2, 0.25) is 0 Å². The summed E-state index contributed by atoms with van der Waals surface area (Å²) in [4.78, 5) is 0. The van der Waals surface area contributed by atoms with Crippen LogP contribution in [0.1, 0.15) is 38.5 Å². The first-order valence-electron chi connectivity index (χ1n) is 4.80. The highest BCUT2D eigenvalue weighted by Gasteiger charge is 2.01. The van der Waals surface area contributed by atoms with E-state index in [0.717, 1.165) is 38.5 Å². The molecule has 1 atom stereocenters. The molecule has 3 nitrogen and oxygen atoms in total. The Morgan fingerprint density at radius 1 is 1.00 bits per heavy atom. The Hall–Kier alpha value is -0.120. The molecule has 0 saturated heterocycles. The van der Waals surface area contributed by atoms with Crippen molar-refractivity contribution in [3.05, 3.63) is 0 Å². The number of nitrogens with two attached hydrogens (primary N) is 1.